The third-order valence-corrected chi connectivity index (χ3v) is 4.74. The van der Waals surface area contributed by atoms with Crippen molar-refractivity contribution in [3.8, 4) is 0 Å². The van der Waals surface area contributed by atoms with E-state index >= 15 is 0 Å². The molecular formula is C21H28F2N4O3. The summed E-state index contributed by atoms with van der Waals surface area (Å²) in [5.41, 5.74) is 8.83. The second-order valence-electron chi connectivity index (χ2n) is 7.00. The van der Waals surface area contributed by atoms with E-state index in [2.05, 4.69) is 10.3 Å². The average Bonchev–Trinajstić information content (AvgIpc) is 3.03. The number of pyridine rings is 1. The lowest BCUT2D eigenvalue weighted by Crippen LogP contribution is -2.37. The quantitative estimate of drug-likeness (QED) is 0.446. The van der Waals surface area contributed by atoms with Crippen molar-refractivity contribution >= 4 is 11.8 Å². The zero-order chi connectivity index (χ0) is 22.3. The molecule has 0 fully saturated rings. The van der Waals surface area contributed by atoms with Crippen LogP contribution in [0.4, 0.5) is 8.78 Å². The van der Waals surface area contributed by atoms with E-state index in [9.17, 15) is 18.4 Å². The van der Waals surface area contributed by atoms with E-state index in [0.717, 1.165) is 5.57 Å². The number of carbonyl (C=O) groups excluding carboxylic acids is 2. The van der Waals surface area contributed by atoms with Crippen LogP contribution < -0.4 is 11.1 Å². The SMILES string of the molecule is CCNC(=O)c1nccc2c1CN(C(C)/C(N)=C/C(C)=C\CCOCC(F)F)C2=O. The van der Waals surface area contributed by atoms with E-state index in [1.807, 2.05) is 26.8 Å². The Hall–Kier alpha value is -2.81. The molecule has 1 aliphatic heterocycles. The van der Waals surface area contributed by atoms with Crippen LogP contribution in [0.25, 0.3) is 0 Å². The predicted octanol–water partition coefficient (Wildman–Crippen LogP) is 2.64. The van der Waals surface area contributed by atoms with Gasteiger partial charge in [0.1, 0.15) is 12.3 Å². The van der Waals surface area contributed by atoms with Crippen molar-refractivity contribution < 1.29 is 23.1 Å². The van der Waals surface area contributed by atoms with Gasteiger partial charge in [-0.15, -0.1) is 0 Å². The zero-order valence-electron chi connectivity index (χ0n) is 17.5. The molecule has 0 bridgehead atoms. The molecule has 3 N–H and O–H groups in total. The van der Waals surface area contributed by atoms with E-state index < -0.39 is 19.1 Å². The lowest BCUT2D eigenvalue weighted by atomic mass is 10.1. The predicted molar refractivity (Wildman–Crippen MR) is 109 cm³/mol. The molecule has 7 nitrogen and oxygen atoms in total. The number of nitrogens with zero attached hydrogens (tertiary/aromatic N) is 2. The number of alkyl halides is 2. The Morgan fingerprint density at radius 2 is 2.20 bits per heavy atom. The van der Waals surface area contributed by atoms with Gasteiger partial charge >= 0.3 is 0 Å². The monoisotopic (exact) mass is 422 g/mol. The van der Waals surface area contributed by atoms with Crippen molar-refractivity contribution in [1.29, 1.82) is 0 Å². The second-order valence-corrected chi connectivity index (χ2v) is 7.00. The molecule has 1 atom stereocenters. The molecule has 9 heteroatoms. The Bertz CT molecular complexity index is 840. The first-order chi connectivity index (χ1) is 14.3. The highest BCUT2D eigenvalue weighted by Gasteiger charge is 2.35. The summed E-state index contributed by atoms with van der Waals surface area (Å²) in [6.45, 7) is 5.79. The number of halogens is 2. The first-order valence-corrected chi connectivity index (χ1v) is 9.83. The fourth-order valence-electron chi connectivity index (χ4n) is 3.17. The molecule has 2 amide bonds. The van der Waals surface area contributed by atoms with Gasteiger partial charge in [-0.25, -0.2) is 8.78 Å². The average molecular weight is 422 g/mol. The number of nitrogens with two attached hydrogens (primary N) is 1. The van der Waals surface area contributed by atoms with Crippen molar-refractivity contribution in [2.24, 2.45) is 5.73 Å². The van der Waals surface area contributed by atoms with Crippen LogP contribution in [0.3, 0.4) is 0 Å². The highest BCUT2D eigenvalue weighted by Crippen LogP contribution is 2.28. The zero-order valence-corrected chi connectivity index (χ0v) is 17.5. The minimum atomic E-state index is -2.47. The van der Waals surface area contributed by atoms with Gasteiger partial charge in [0.25, 0.3) is 18.2 Å². The summed E-state index contributed by atoms with van der Waals surface area (Å²) in [6.07, 6.45) is 3.04. The molecule has 0 aliphatic carbocycles. The number of fused-ring (bicyclic) bond motifs is 1. The first-order valence-electron chi connectivity index (χ1n) is 9.83. The molecule has 1 unspecified atom stereocenters. The molecule has 164 valence electrons. The largest absolute Gasteiger partial charge is 0.400 e. The van der Waals surface area contributed by atoms with Crippen LogP contribution in [-0.4, -0.2) is 53.9 Å². The molecule has 1 aromatic rings. The number of ether oxygens (including phenoxy) is 1. The second kappa shape index (κ2) is 10.8. The molecule has 2 heterocycles. The summed E-state index contributed by atoms with van der Waals surface area (Å²) in [4.78, 5) is 30.8. The number of rotatable bonds is 10. The van der Waals surface area contributed by atoms with Crippen LogP contribution in [0, 0.1) is 0 Å². The third kappa shape index (κ3) is 5.85. The van der Waals surface area contributed by atoms with Crippen LogP contribution in [0.5, 0.6) is 0 Å². The molecule has 0 spiro atoms. The number of allylic oxidation sites excluding steroid dienone is 2. The van der Waals surface area contributed by atoms with Gasteiger partial charge in [0.2, 0.25) is 0 Å². The van der Waals surface area contributed by atoms with E-state index in [0.29, 0.717) is 29.8 Å². The maximum atomic E-state index is 12.9. The van der Waals surface area contributed by atoms with Crippen LogP contribution in [-0.2, 0) is 11.3 Å². The standard InChI is InChI=1S/C21H28F2N4O3/c1-4-25-20(28)19-16-11-27(21(29)15(16)7-8-26-19)14(3)17(24)10-13(2)6-5-9-30-12-18(22)23/h6-8,10,14,18H,4-5,9,11-12,24H2,1-3H3,(H,25,28)/b13-6-,17-10-. The van der Waals surface area contributed by atoms with E-state index in [1.54, 1.807) is 17.0 Å². The third-order valence-electron chi connectivity index (χ3n) is 4.74. The number of aromatic nitrogens is 1. The van der Waals surface area contributed by atoms with Crippen LogP contribution >= 0.6 is 0 Å². The van der Waals surface area contributed by atoms with Crippen molar-refractivity contribution in [3.63, 3.8) is 0 Å². The van der Waals surface area contributed by atoms with Gasteiger partial charge in [0.05, 0.1) is 12.6 Å². The van der Waals surface area contributed by atoms with Crippen LogP contribution in [0.2, 0.25) is 0 Å². The molecule has 2 rings (SSSR count). The Balaban J connectivity index is 2.06. The van der Waals surface area contributed by atoms with Gasteiger partial charge in [-0.3, -0.25) is 14.6 Å². The molecular weight excluding hydrogens is 394 g/mol. The number of hydrogen-bond donors (Lipinski definition) is 2. The lowest BCUT2D eigenvalue weighted by Gasteiger charge is -2.25. The van der Waals surface area contributed by atoms with Crippen molar-refractivity contribution in [3.05, 3.63) is 52.5 Å². The Kier molecular flexibility index (Phi) is 8.46. The fraction of sp³-hybridized carbons (Fsp3) is 0.476. The summed E-state index contributed by atoms with van der Waals surface area (Å²) < 4.78 is 28.9. The molecule has 0 radical (unpaired) electrons. The van der Waals surface area contributed by atoms with Gasteiger partial charge < -0.3 is 20.7 Å². The summed E-state index contributed by atoms with van der Waals surface area (Å²) in [6, 6.07) is 1.21. The maximum Gasteiger partial charge on any atom is 0.270 e. The molecule has 1 aromatic heterocycles. The van der Waals surface area contributed by atoms with Crippen molar-refractivity contribution in [2.45, 2.75) is 46.2 Å². The summed E-state index contributed by atoms with van der Waals surface area (Å²) in [7, 11) is 0. The van der Waals surface area contributed by atoms with E-state index in [4.69, 9.17) is 10.5 Å². The maximum absolute atomic E-state index is 12.9. The summed E-state index contributed by atoms with van der Waals surface area (Å²) >= 11 is 0. The van der Waals surface area contributed by atoms with Gasteiger partial charge in [-0.1, -0.05) is 11.6 Å². The minimum Gasteiger partial charge on any atom is -0.400 e. The van der Waals surface area contributed by atoms with E-state index in [1.165, 1.54) is 6.20 Å². The Morgan fingerprint density at radius 1 is 1.47 bits per heavy atom. The molecule has 0 saturated heterocycles. The number of nitrogens with one attached hydrogen (secondary N) is 1. The van der Waals surface area contributed by atoms with Gasteiger partial charge in [0.15, 0.2) is 0 Å². The fourth-order valence-corrected chi connectivity index (χ4v) is 3.17. The number of hydrogen-bond acceptors (Lipinski definition) is 5. The summed E-state index contributed by atoms with van der Waals surface area (Å²) in [5.74, 6) is -0.517. The highest BCUT2D eigenvalue weighted by atomic mass is 19.3. The first kappa shape index (κ1) is 23.5. The smallest absolute Gasteiger partial charge is 0.270 e. The van der Waals surface area contributed by atoms with Crippen molar-refractivity contribution in [1.82, 2.24) is 15.2 Å². The topological polar surface area (TPSA) is 97.6 Å². The van der Waals surface area contributed by atoms with Gasteiger partial charge in [-0.05, 0) is 39.3 Å². The molecule has 1 aliphatic rings. The molecule has 0 aromatic carbocycles. The molecule has 0 saturated carbocycles. The number of carbonyl (C=O) groups is 2. The lowest BCUT2D eigenvalue weighted by molar-refractivity contribution is 0.0192. The van der Waals surface area contributed by atoms with Crippen LogP contribution in [0.15, 0.2) is 35.7 Å². The highest BCUT2D eigenvalue weighted by molar-refractivity contribution is 6.03. The Labute approximate surface area is 175 Å². The normalized spacial score (nSPS) is 15.5. The minimum absolute atomic E-state index is 0.195. The van der Waals surface area contributed by atoms with Gasteiger partial charge in [0, 0.05) is 36.1 Å². The number of amides is 2. The van der Waals surface area contributed by atoms with Crippen LogP contribution in [0.1, 0.15) is 53.6 Å². The van der Waals surface area contributed by atoms with Gasteiger partial charge in [-0.2, -0.15) is 0 Å². The summed E-state index contributed by atoms with van der Waals surface area (Å²) in [5, 5.41) is 2.71. The van der Waals surface area contributed by atoms with E-state index in [-0.39, 0.29) is 30.7 Å². The Morgan fingerprint density at radius 3 is 2.87 bits per heavy atom. The molecule has 30 heavy (non-hydrogen) atoms. The van der Waals surface area contributed by atoms with Crippen molar-refractivity contribution in [2.75, 3.05) is 19.8 Å².